The number of hydrogen-bond donors (Lipinski definition) is 0. The van der Waals surface area contributed by atoms with Crippen LogP contribution in [0.2, 0.25) is 0 Å². The van der Waals surface area contributed by atoms with Crippen molar-refractivity contribution >= 4 is 10.8 Å². The maximum atomic E-state index is 13.8. The van der Waals surface area contributed by atoms with E-state index in [9.17, 15) is 8.78 Å². The molecule has 0 spiro atoms. The Morgan fingerprint density at radius 1 is 0.867 bits per heavy atom. The van der Waals surface area contributed by atoms with Crippen LogP contribution in [0.1, 0.15) is 24.5 Å². The minimum atomic E-state index is -0.853. The van der Waals surface area contributed by atoms with Crippen LogP contribution in [0.3, 0.4) is 0 Å². The number of hydrogen-bond acceptors (Lipinski definition) is 3. The van der Waals surface area contributed by atoms with Gasteiger partial charge in [0, 0.05) is 22.1 Å². The molecule has 148 valence electrons. The summed E-state index contributed by atoms with van der Waals surface area (Å²) in [5.41, 5.74) is 2.43. The van der Waals surface area contributed by atoms with Crippen molar-refractivity contribution in [1.29, 1.82) is 0 Å². The summed E-state index contributed by atoms with van der Waals surface area (Å²) >= 11 is 0. The summed E-state index contributed by atoms with van der Waals surface area (Å²) in [6, 6.07) is 15.2. The SMILES string of the molecule is CCCOc1cnc(-c2ccc(C#Cc3ccc4c(F)c(F)ccc4c3)cc2)nc1. The first kappa shape index (κ1) is 19.5. The zero-order valence-electron chi connectivity index (χ0n) is 16.3. The smallest absolute Gasteiger partial charge is 0.166 e. The molecule has 0 fully saturated rings. The molecule has 0 radical (unpaired) electrons. The summed E-state index contributed by atoms with van der Waals surface area (Å²) in [5.74, 6) is 5.72. The molecule has 30 heavy (non-hydrogen) atoms. The lowest BCUT2D eigenvalue weighted by Crippen LogP contribution is -1.97. The van der Waals surface area contributed by atoms with Gasteiger partial charge in [-0.3, -0.25) is 0 Å². The number of nitrogens with zero attached hydrogens (tertiary/aromatic N) is 2. The van der Waals surface area contributed by atoms with Crippen molar-refractivity contribution in [3.05, 3.63) is 89.8 Å². The van der Waals surface area contributed by atoms with Crippen molar-refractivity contribution in [2.24, 2.45) is 0 Å². The minimum absolute atomic E-state index is 0.246. The molecule has 0 aliphatic heterocycles. The highest BCUT2D eigenvalue weighted by molar-refractivity contribution is 5.84. The normalized spacial score (nSPS) is 10.5. The molecule has 0 amide bonds. The van der Waals surface area contributed by atoms with E-state index >= 15 is 0 Å². The second-order valence-electron chi connectivity index (χ2n) is 6.72. The van der Waals surface area contributed by atoms with E-state index in [1.54, 1.807) is 36.7 Å². The molecule has 4 aromatic rings. The summed E-state index contributed by atoms with van der Waals surface area (Å²) in [4.78, 5) is 8.68. The molecule has 0 N–H and O–H groups in total. The van der Waals surface area contributed by atoms with Crippen LogP contribution < -0.4 is 4.74 Å². The van der Waals surface area contributed by atoms with Gasteiger partial charge in [0.15, 0.2) is 23.2 Å². The van der Waals surface area contributed by atoms with Crippen molar-refractivity contribution in [2.45, 2.75) is 13.3 Å². The summed E-state index contributed by atoms with van der Waals surface area (Å²) in [6.45, 7) is 2.68. The van der Waals surface area contributed by atoms with E-state index in [-0.39, 0.29) is 5.39 Å². The number of fused-ring (bicyclic) bond motifs is 1. The summed E-state index contributed by atoms with van der Waals surface area (Å²) in [7, 11) is 0. The lowest BCUT2D eigenvalue weighted by Gasteiger charge is -2.04. The van der Waals surface area contributed by atoms with E-state index in [2.05, 4.69) is 21.8 Å². The van der Waals surface area contributed by atoms with Gasteiger partial charge < -0.3 is 4.74 Å². The first-order chi connectivity index (χ1) is 14.6. The molecule has 0 saturated carbocycles. The zero-order chi connectivity index (χ0) is 20.9. The van der Waals surface area contributed by atoms with Gasteiger partial charge in [-0.25, -0.2) is 18.7 Å². The van der Waals surface area contributed by atoms with Gasteiger partial charge in [0.1, 0.15) is 0 Å². The third-order valence-electron chi connectivity index (χ3n) is 4.50. The Bertz CT molecular complexity index is 1240. The van der Waals surface area contributed by atoms with Gasteiger partial charge in [-0.2, -0.15) is 0 Å². The number of aromatic nitrogens is 2. The lowest BCUT2D eigenvalue weighted by atomic mass is 10.1. The fourth-order valence-corrected chi connectivity index (χ4v) is 2.95. The highest BCUT2D eigenvalue weighted by Crippen LogP contribution is 2.21. The Labute approximate surface area is 173 Å². The van der Waals surface area contributed by atoms with Crippen molar-refractivity contribution in [3.63, 3.8) is 0 Å². The number of benzene rings is 3. The van der Waals surface area contributed by atoms with E-state index in [0.29, 0.717) is 23.6 Å². The molecular formula is C25H18F2N2O. The minimum Gasteiger partial charge on any atom is -0.490 e. The first-order valence-corrected chi connectivity index (χ1v) is 9.59. The molecule has 0 aliphatic rings. The van der Waals surface area contributed by atoms with Crippen LogP contribution in [0.5, 0.6) is 5.75 Å². The number of halogens is 2. The highest BCUT2D eigenvalue weighted by Gasteiger charge is 2.06. The predicted molar refractivity (Wildman–Crippen MR) is 113 cm³/mol. The highest BCUT2D eigenvalue weighted by atomic mass is 19.2. The fraction of sp³-hybridized carbons (Fsp3) is 0.120. The molecule has 1 aromatic heterocycles. The molecule has 0 atom stereocenters. The Hall–Kier alpha value is -3.78. The first-order valence-electron chi connectivity index (χ1n) is 9.59. The van der Waals surface area contributed by atoms with Crippen LogP contribution >= 0.6 is 0 Å². The van der Waals surface area contributed by atoms with Crippen molar-refractivity contribution in [1.82, 2.24) is 9.97 Å². The third-order valence-corrected chi connectivity index (χ3v) is 4.50. The second-order valence-corrected chi connectivity index (χ2v) is 6.72. The van der Waals surface area contributed by atoms with Gasteiger partial charge >= 0.3 is 0 Å². The molecule has 4 rings (SSSR count). The topological polar surface area (TPSA) is 35.0 Å². The van der Waals surface area contributed by atoms with Crippen LogP contribution in [0.4, 0.5) is 8.78 Å². The van der Waals surface area contributed by atoms with E-state index < -0.39 is 11.6 Å². The van der Waals surface area contributed by atoms with E-state index in [0.717, 1.165) is 29.2 Å². The molecule has 0 unspecified atom stereocenters. The Morgan fingerprint density at radius 2 is 1.57 bits per heavy atom. The lowest BCUT2D eigenvalue weighted by molar-refractivity contribution is 0.315. The standard InChI is InChI=1S/C25H18F2N2O/c1-2-13-30-21-15-28-25(29-16-21)19-8-5-17(6-9-19)3-4-18-7-11-22-20(14-18)10-12-23(26)24(22)27/h5-12,14-16H,2,13H2,1H3. The molecule has 5 heteroatoms. The van der Waals surface area contributed by atoms with Crippen LogP contribution in [0.15, 0.2) is 67.0 Å². The van der Waals surface area contributed by atoms with Gasteiger partial charge in [0.25, 0.3) is 0 Å². The second kappa shape index (κ2) is 8.71. The third kappa shape index (κ3) is 4.28. The van der Waals surface area contributed by atoms with Gasteiger partial charge in [0.2, 0.25) is 0 Å². The number of rotatable bonds is 4. The van der Waals surface area contributed by atoms with Crippen molar-refractivity contribution in [2.75, 3.05) is 6.61 Å². The maximum absolute atomic E-state index is 13.8. The summed E-state index contributed by atoms with van der Waals surface area (Å²) < 4.78 is 32.6. The Kier molecular flexibility index (Phi) is 5.67. The summed E-state index contributed by atoms with van der Waals surface area (Å²) in [5, 5.41) is 0.857. The van der Waals surface area contributed by atoms with Crippen molar-refractivity contribution < 1.29 is 13.5 Å². The van der Waals surface area contributed by atoms with Crippen LogP contribution in [0, 0.1) is 23.5 Å². The van der Waals surface area contributed by atoms with Gasteiger partial charge in [-0.05, 0) is 54.3 Å². The molecule has 0 aliphatic carbocycles. The average molecular weight is 400 g/mol. The average Bonchev–Trinajstić information content (AvgIpc) is 2.79. The monoisotopic (exact) mass is 400 g/mol. The largest absolute Gasteiger partial charge is 0.490 e. The molecule has 3 aromatic carbocycles. The molecular weight excluding hydrogens is 382 g/mol. The van der Waals surface area contributed by atoms with Gasteiger partial charge in [-0.15, -0.1) is 0 Å². The quantitative estimate of drug-likeness (QED) is 0.408. The molecule has 3 nitrogen and oxygen atoms in total. The zero-order valence-corrected chi connectivity index (χ0v) is 16.3. The van der Waals surface area contributed by atoms with Crippen LogP contribution in [-0.2, 0) is 0 Å². The number of ether oxygens (including phenoxy) is 1. The fourth-order valence-electron chi connectivity index (χ4n) is 2.95. The van der Waals surface area contributed by atoms with Crippen LogP contribution in [0.25, 0.3) is 22.2 Å². The molecule has 0 bridgehead atoms. The summed E-state index contributed by atoms with van der Waals surface area (Å²) in [6.07, 6.45) is 4.26. The Morgan fingerprint density at radius 3 is 2.30 bits per heavy atom. The van der Waals surface area contributed by atoms with E-state index in [1.165, 1.54) is 0 Å². The predicted octanol–water partition coefficient (Wildman–Crippen LogP) is 5.76. The van der Waals surface area contributed by atoms with Gasteiger partial charge in [-0.1, -0.05) is 30.9 Å². The van der Waals surface area contributed by atoms with Gasteiger partial charge in [0.05, 0.1) is 19.0 Å². The Balaban J connectivity index is 1.51. The van der Waals surface area contributed by atoms with E-state index in [4.69, 9.17) is 4.74 Å². The van der Waals surface area contributed by atoms with E-state index in [1.807, 2.05) is 31.2 Å². The maximum Gasteiger partial charge on any atom is 0.166 e. The molecule has 0 saturated heterocycles. The van der Waals surface area contributed by atoms with Crippen molar-refractivity contribution in [3.8, 4) is 29.0 Å². The molecule has 1 heterocycles. The van der Waals surface area contributed by atoms with Crippen LogP contribution in [-0.4, -0.2) is 16.6 Å².